The number of allylic oxidation sites excluding steroid dienone is 3. The molecule has 0 bridgehead atoms. The van der Waals surface area contributed by atoms with Crippen LogP contribution in [-0.4, -0.2) is 19.5 Å². The van der Waals surface area contributed by atoms with Crippen molar-refractivity contribution in [1.82, 2.24) is 0 Å². The molecule has 0 spiro atoms. The molecule has 6 nitrogen and oxygen atoms in total. The summed E-state index contributed by atoms with van der Waals surface area (Å²) in [6.07, 6.45) is 4.20. The van der Waals surface area contributed by atoms with Gasteiger partial charge in [0.25, 0.3) is 0 Å². The van der Waals surface area contributed by atoms with Crippen LogP contribution < -0.4 is 15.2 Å². The van der Waals surface area contributed by atoms with Crippen molar-refractivity contribution < 1.29 is 19.0 Å². The van der Waals surface area contributed by atoms with Crippen molar-refractivity contribution in [3.8, 4) is 17.6 Å². The average molecular weight is 411 g/mol. The number of Topliss-reactive ketones (excluding diaryl/α,β-unsaturated/α-hetero) is 1. The molecule has 0 amide bonds. The van der Waals surface area contributed by atoms with Crippen molar-refractivity contribution in [2.24, 2.45) is 11.1 Å². The second-order valence-corrected chi connectivity index (χ2v) is 8.67. The molecular weight excluding hydrogens is 380 g/mol. The van der Waals surface area contributed by atoms with Crippen LogP contribution in [0.2, 0.25) is 0 Å². The normalized spacial score (nSPS) is 20.4. The minimum Gasteiger partial charge on any atom is -0.493 e. The highest BCUT2D eigenvalue weighted by Gasteiger charge is 2.43. The fraction of sp³-hybridized carbons (Fsp3) is 0.500. The molecule has 2 N–H and O–H groups in total. The zero-order chi connectivity index (χ0) is 21.9. The second-order valence-electron chi connectivity index (χ2n) is 8.67. The van der Waals surface area contributed by atoms with E-state index in [1.807, 2.05) is 32.0 Å². The van der Waals surface area contributed by atoms with Crippen molar-refractivity contribution >= 4 is 5.78 Å². The summed E-state index contributed by atoms with van der Waals surface area (Å²) in [5.74, 6) is 1.26. The van der Waals surface area contributed by atoms with E-state index < -0.39 is 5.92 Å². The van der Waals surface area contributed by atoms with Crippen LogP contribution in [0.15, 0.2) is 41.0 Å². The summed E-state index contributed by atoms with van der Waals surface area (Å²) in [5.41, 5.74) is 7.41. The molecule has 0 aromatic heterocycles. The maximum atomic E-state index is 13.1. The molecule has 6 heteroatoms. The van der Waals surface area contributed by atoms with E-state index in [0.29, 0.717) is 42.3 Å². The number of methoxy groups -OCH3 is 1. The SMILES string of the molecule is CCCCCOc1ccc(C2C(C#N)=C(N)OC3=C2C(=O)CC(C)(C)C3)cc1OC. The van der Waals surface area contributed by atoms with E-state index in [-0.39, 0.29) is 22.7 Å². The first-order chi connectivity index (χ1) is 14.3. The molecule has 30 heavy (non-hydrogen) atoms. The predicted molar refractivity (Wildman–Crippen MR) is 114 cm³/mol. The third kappa shape index (κ3) is 4.30. The highest BCUT2D eigenvalue weighted by molar-refractivity contribution is 6.00. The summed E-state index contributed by atoms with van der Waals surface area (Å²) in [6, 6.07) is 7.68. The maximum absolute atomic E-state index is 13.1. The van der Waals surface area contributed by atoms with Crippen molar-refractivity contribution in [2.45, 2.75) is 58.8 Å². The van der Waals surface area contributed by atoms with Crippen molar-refractivity contribution in [3.63, 3.8) is 0 Å². The van der Waals surface area contributed by atoms with E-state index in [4.69, 9.17) is 19.9 Å². The van der Waals surface area contributed by atoms with Gasteiger partial charge in [-0.2, -0.15) is 5.26 Å². The molecule has 1 unspecified atom stereocenters. The molecule has 1 heterocycles. The fourth-order valence-electron chi connectivity index (χ4n) is 4.14. The van der Waals surface area contributed by atoms with Gasteiger partial charge in [0.15, 0.2) is 17.3 Å². The molecule has 1 atom stereocenters. The minimum absolute atomic E-state index is 0.00893. The largest absolute Gasteiger partial charge is 0.493 e. The smallest absolute Gasteiger partial charge is 0.205 e. The molecule has 1 aromatic carbocycles. The van der Waals surface area contributed by atoms with Crippen LogP contribution in [0.1, 0.15) is 64.4 Å². The van der Waals surface area contributed by atoms with Crippen LogP contribution in [0.3, 0.4) is 0 Å². The zero-order valence-electron chi connectivity index (χ0n) is 18.2. The lowest BCUT2D eigenvalue weighted by atomic mass is 9.70. The Morgan fingerprint density at radius 3 is 2.70 bits per heavy atom. The van der Waals surface area contributed by atoms with Crippen LogP contribution in [0.5, 0.6) is 11.5 Å². The molecule has 0 fully saturated rings. The molecule has 2 aliphatic rings. The summed E-state index contributed by atoms with van der Waals surface area (Å²) < 4.78 is 17.2. The quantitative estimate of drug-likeness (QED) is 0.654. The van der Waals surface area contributed by atoms with Gasteiger partial charge < -0.3 is 19.9 Å². The lowest BCUT2D eigenvalue weighted by molar-refractivity contribution is -0.119. The fourth-order valence-corrected chi connectivity index (χ4v) is 4.14. The van der Waals surface area contributed by atoms with Crippen LogP contribution >= 0.6 is 0 Å². The number of rotatable bonds is 7. The summed E-state index contributed by atoms with van der Waals surface area (Å²) >= 11 is 0. The summed E-state index contributed by atoms with van der Waals surface area (Å²) in [7, 11) is 1.58. The topological polar surface area (TPSA) is 94.6 Å². The molecule has 160 valence electrons. The third-order valence-electron chi connectivity index (χ3n) is 5.60. The molecule has 3 rings (SSSR count). The molecule has 0 saturated carbocycles. The first-order valence-corrected chi connectivity index (χ1v) is 10.5. The van der Waals surface area contributed by atoms with Crippen molar-refractivity contribution in [3.05, 3.63) is 46.6 Å². The minimum atomic E-state index is -0.564. The number of ether oxygens (including phenoxy) is 3. The van der Waals surface area contributed by atoms with E-state index in [1.165, 1.54) is 0 Å². The molecule has 0 radical (unpaired) electrons. The number of nitriles is 1. The van der Waals surface area contributed by atoms with Crippen molar-refractivity contribution in [1.29, 1.82) is 5.26 Å². The first-order valence-electron chi connectivity index (χ1n) is 10.5. The highest BCUT2D eigenvalue weighted by atomic mass is 16.5. The maximum Gasteiger partial charge on any atom is 0.205 e. The number of hydrogen-bond acceptors (Lipinski definition) is 6. The molecule has 1 aliphatic carbocycles. The lowest BCUT2D eigenvalue weighted by Crippen LogP contribution is -2.33. The predicted octanol–water partition coefficient (Wildman–Crippen LogP) is 4.72. The first kappa shape index (κ1) is 21.8. The Labute approximate surface area is 178 Å². The van der Waals surface area contributed by atoms with Crippen LogP contribution in [0.4, 0.5) is 0 Å². The monoisotopic (exact) mass is 410 g/mol. The second kappa shape index (κ2) is 8.83. The molecule has 0 saturated heterocycles. The van der Waals surface area contributed by atoms with Crippen LogP contribution in [-0.2, 0) is 9.53 Å². The van der Waals surface area contributed by atoms with Gasteiger partial charge in [-0.1, -0.05) is 39.7 Å². The lowest BCUT2D eigenvalue weighted by Gasteiger charge is -2.37. The number of carbonyl (C=O) groups excluding carboxylic acids is 1. The highest BCUT2D eigenvalue weighted by Crippen LogP contribution is 2.48. The van der Waals surface area contributed by atoms with Gasteiger partial charge in [-0.3, -0.25) is 4.79 Å². The van der Waals surface area contributed by atoms with Gasteiger partial charge in [0.1, 0.15) is 17.4 Å². The van der Waals surface area contributed by atoms with Gasteiger partial charge in [0.2, 0.25) is 5.88 Å². The van der Waals surface area contributed by atoms with Gasteiger partial charge in [-0.05, 0) is 29.5 Å². The standard InChI is InChI=1S/C24H30N2O4/c1-5-6-7-10-29-18-9-8-15(11-19(18)28-4)21-16(14-25)23(26)30-20-13-24(2,3)12-17(27)22(20)21/h8-9,11,21H,5-7,10,12-13,26H2,1-4H3. The number of carbonyl (C=O) groups is 1. The van der Waals surface area contributed by atoms with E-state index in [9.17, 15) is 10.1 Å². The Bertz CT molecular complexity index is 937. The summed E-state index contributed by atoms with van der Waals surface area (Å²) in [6.45, 7) is 6.81. The van der Waals surface area contributed by atoms with E-state index >= 15 is 0 Å². The number of hydrogen-bond donors (Lipinski definition) is 1. The van der Waals surface area contributed by atoms with Gasteiger partial charge in [-0.15, -0.1) is 0 Å². The Morgan fingerprint density at radius 1 is 1.27 bits per heavy atom. The average Bonchev–Trinajstić information content (AvgIpc) is 2.69. The van der Waals surface area contributed by atoms with Crippen LogP contribution in [0.25, 0.3) is 0 Å². The number of unbranched alkanes of at least 4 members (excludes halogenated alkanes) is 2. The Morgan fingerprint density at radius 2 is 2.03 bits per heavy atom. The molecular formula is C24H30N2O4. The van der Waals surface area contributed by atoms with E-state index in [2.05, 4.69) is 13.0 Å². The molecule has 1 aromatic rings. The Balaban J connectivity index is 2.00. The number of nitrogens with zero attached hydrogens (tertiary/aromatic N) is 1. The van der Waals surface area contributed by atoms with Crippen LogP contribution in [0, 0.1) is 16.7 Å². The Hall–Kier alpha value is -2.94. The number of benzene rings is 1. The van der Waals surface area contributed by atoms with E-state index in [1.54, 1.807) is 7.11 Å². The summed E-state index contributed by atoms with van der Waals surface area (Å²) in [4.78, 5) is 13.1. The summed E-state index contributed by atoms with van der Waals surface area (Å²) in [5, 5.41) is 9.76. The molecule has 1 aliphatic heterocycles. The van der Waals surface area contributed by atoms with Gasteiger partial charge in [0, 0.05) is 18.4 Å². The van der Waals surface area contributed by atoms with Gasteiger partial charge in [-0.25, -0.2) is 0 Å². The van der Waals surface area contributed by atoms with Gasteiger partial charge >= 0.3 is 0 Å². The van der Waals surface area contributed by atoms with E-state index in [0.717, 1.165) is 24.8 Å². The van der Waals surface area contributed by atoms with Gasteiger partial charge in [0.05, 0.1) is 19.6 Å². The number of nitrogens with two attached hydrogens (primary N) is 1. The number of ketones is 1. The zero-order valence-corrected chi connectivity index (χ0v) is 18.2. The Kier molecular flexibility index (Phi) is 6.40. The van der Waals surface area contributed by atoms with Crippen molar-refractivity contribution in [2.75, 3.05) is 13.7 Å². The third-order valence-corrected chi connectivity index (χ3v) is 5.60.